The Labute approximate surface area is 122 Å². The van der Waals surface area contributed by atoms with Crippen LogP contribution >= 0.6 is 11.3 Å². The van der Waals surface area contributed by atoms with Crippen LogP contribution in [0.25, 0.3) is 22.0 Å². The SMILES string of the molecule is CNc1nc(-c2cccs2)nc(-c2ccccc2)c1C. The van der Waals surface area contributed by atoms with E-state index in [1.807, 2.05) is 49.7 Å². The number of aromatic nitrogens is 2. The summed E-state index contributed by atoms with van der Waals surface area (Å²) in [5.74, 6) is 1.65. The Hall–Kier alpha value is -2.20. The number of rotatable bonds is 3. The van der Waals surface area contributed by atoms with Crippen molar-refractivity contribution in [2.75, 3.05) is 12.4 Å². The van der Waals surface area contributed by atoms with Crippen molar-refractivity contribution in [2.24, 2.45) is 0 Å². The van der Waals surface area contributed by atoms with Crippen molar-refractivity contribution in [3.05, 3.63) is 53.4 Å². The minimum Gasteiger partial charge on any atom is -0.373 e. The van der Waals surface area contributed by atoms with Crippen molar-refractivity contribution >= 4 is 17.2 Å². The second-order valence-corrected chi connectivity index (χ2v) is 5.41. The van der Waals surface area contributed by atoms with Gasteiger partial charge in [-0.1, -0.05) is 36.4 Å². The molecular weight excluding hydrogens is 266 g/mol. The van der Waals surface area contributed by atoms with Gasteiger partial charge in [0, 0.05) is 18.2 Å². The third-order valence-corrected chi connectivity index (χ3v) is 4.04. The van der Waals surface area contributed by atoms with Crippen LogP contribution in [0.1, 0.15) is 5.56 Å². The summed E-state index contributed by atoms with van der Waals surface area (Å²) in [6, 6.07) is 14.3. The fourth-order valence-electron chi connectivity index (χ4n) is 2.15. The Kier molecular flexibility index (Phi) is 3.48. The first-order valence-corrected chi connectivity index (χ1v) is 7.33. The average Bonchev–Trinajstić information content (AvgIpc) is 3.03. The Morgan fingerprint density at radius 2 is 1.80 bits per heavy atom. The van der Waals surface area contributed by atoms with Gasteiger partial charge in [-0.25, -0.2) is 9.97 Å². The minimum absolute atomic E-state index is 0.772. The summed E-state index contributed by atoms with van der Waals surface area (Å²) >= 11 is 1.65. The smallest absolute Gasteiger partial charge is 0.172 e. The van der Waals surface area contributed by atoms with Crippen molar-refractivity contribution in [2.45, 2.75) is 6.92 Å². The number of thiophene rings is 1. The molecule has 0 amide bonds. The van der Waals surface area contributed by atoms with Gasteiger partial charge in [0.1, 0.15) is 5.82 Å². The molecule has 0 saturated heterocycles. The molecule has 2 aromatic heterocycles. The predicted molar refractivity (Wildman–Crippen MR) is 85.1 cm³/mol. The molecule has 0 aliphatic carbocycles. The van der Waals surface area contributed by atoms with E-state index in [0.717, 1.165) is 33.3 Å². The minimum atomic E-state index is 0.772. The van der Waals surface area contributed by atoms with Crippen LogP contribution in [0.5, 0.6) is 0 Å². The Balaban J connectivity index is 2.21. The number of nitrogens with zero attached hydrogens (tertiary/aromatic N) is 2. The molecular formula is C16H15N3S. The van der Waals surface area contributed by atoms with E-state index in [4.69, 9.17) is 4.98 Å². The largest absolute Gasteiger partial charge is 0.373 e. The van der Waals surface area contributed by atoms with Crippen molar-refractivity contribution in [1.29, 1.82) is 0 Å². The number of anilines is 1. The van der Waals surface area contributed by atoms with Crippen molar-refractivity contribution in [1.82, 2.24) is 9.97 Å². The number of hydrogen-bond acceptors (Lipinski definition) is 4. The molecule has 20 heavy (non-hydrogen) atoms. The molecule has 0 bridgehead atoms. The molecule has 0 saturated carbocycles. The van der Waals surface area contributed by atoms with Gasteiger partial charge in [-0.3, -0.25) is 0 Å². The molecule has 0 radical (unpaired) electrons. The summed E-state index contributed by atoms with van der Waals surface area (Å²) in [6.07, 6.45) is 0. The van der Waals surface area contributed by atoms with Crippen LogP contribution in [0.3, 0.4) is 0 Å². The first-order chi connectivity index (χ1) is 9.79. The topological polar surface area (TPSA) is 37.8 Å². The number of benzene rings is 1. The van der Waals surface area contributed by atoms with Crippen LogP contribution < -0.4 is 5.32 Å². The monoisotopic (exact) mass is 281 g/mol. The molecule has 1 N–H and O–H groups in total. The lowest BCUT2D eigenvalue weighted by molar-refractivity contribution is 1.14. The Morgan fingerprint density at radius 1 is 1.00 bits per heavy atom. The Bertz CT molecular complexity index is 706. The summed E-state index contributed by atoms with van der Waals surface area (Å²) in [5, 5.41) is 5.20. The van der Waals surface area contributed by atoms with E-state index in [2.05, 4.69) is 22.4 Å². The molecule has 100 valence electrons. The summed E-state index contributed by atoms with van der Waals surface area (Å²) in [6.45, 7) is 2.05. The zero-order valence-corrected chi connectivity index (χ0v) is 12.2. The van der Waals surface area contributed by atoms with Gasteiger partial charge < -0.3 is 5.32 Å². The van der Waals surface area contributed by atoms with E-state index in [1.54, 1.807) is 11.3 Å². The highest BCUT2D eigenvalue weighted by Crippen LogP contribution is 2.30. The lowest BCUT2D eigenvalue weighted by Crippen LogP contribution is -2.02. The quantitative estimate of drug-likeness (QED) is 0.781. The highest BCUT2D eigenvalue weighted by molar-refractivity contribution is 7.13. The molecule has 1 aromatic carbocycles. The molecule has 0 spiro atoms. The second-order valence-electron chi connectivity index (χ2n) is 4.46. The van der Waals surface area contributed by atoms with Crippen LogP contribution in [0, 0.1) is 6.92 Å². The highest BCUT2D eigenvalue weighted by atomic mass is 32.1. The fourth-order valence-corrected chi connectivity index (χ4v) is 2.81. The van der Waals surface area contributed by atoms with E-state index in [0.29, 0.717) is 0 Å². The lowest BCUT2D eigenvalue weighted by Gasteiger charge is -2.11. The molecule has 4 heteroatoms. The maximum atomic E-state index is 4.75. The molecule has 0 aliphatic rings. The maximum absolute atomic E-state index is 4.75. The van der Waals surface area contributed by atoms with Crippen molar-refractivity contribution in [3.63, 3.8) is 0 Å². The van der Waals surface area contributed by atoms with Crippen molar-refractivity contribution < 1.29 is 0 Å². The highest BCUT2D eigenvalue weighted by Gasteiger charge is 2.13. The third kappa shape index (κ3) is 2.30. The first kappa shape index (κ1) is 12.8. The summed E-state index contributed by atoms with van der Waals surface area (Å²) in [5.41, 5.74) is 3.16. The van der Waals surface area contributed by atoms with Gasteiger partial charge in [-0.2, -0.15) is 0 Å². The molecule has 3 rings (SSSR count). The van der Waals surface area contributed by atoms with E-state index in [9.17, 15) is 0 Å². The molecule has 0 fully saturated rings. The van der Waals surface area contributed by atoms with Crippen molar-refractivity contribution in [3.8, 4) is 22.0 Å². The van der Waals surface area contributed by atoms with Crippen LogP contribution in [-0.2, 0) is 0 Å². The van der Waals surface area contributed by atoms with Gasteiger partial charge >= 0.3 is 0 Å². The van der Waals surface area contributed by atoms with Gasteiger partial charge in [-0.15, -0.1) is 11.3 Å². The standard InChI is InChI=1S/C16H15N3S/c1-11-14(12-7-4-3-5-8-12)18-16(19-15(11)17-2)13-9-6-10-20-13/h3-10H,1-2H3,(H,17,18,19). The maximum Gasteiger partial charge on any atom is 0.172 e. The third-order valence-electron chi connectivity index (χ3n) is 3.17. The average molecular weight is 281 g/mol. The van der Waals surface area contributed by atoms with E-state index < -0.39 is 0 Å². The van der Waals surface area contributed by atoms with Gasteiger partial charge in [-0.05, 0) is 18.4 Å². The van der Waals surface area contributed by atoms with Crippen LogP contribution in [0.15, 0.2) is 47.8 Å². The summed E-state index contributed by atoms with van der Waals surface area (Å²) in [4.78, 5) is 10.4. The zero-order chi connectivity index (χ0) is 13.9. The fraction of sp³-hybridized carbons (Fsp3) is 0.125. The van der Waals surface area contributed by atoms with E-state index >= 15 is 0 Å². The summed E-state index contributed by atoms with van der Waals surface area (Å²) in [7, 11) is 1.89. The van der Waals surface area contributed by atoms with E-state index in [-0.39, 0.29) is 0 Å². The van der Waals surface area contributed by atoms with Gasteiger partial charge in [0.15, 0.2) is 5.82 Å². The van der Waals surface area contributed by atoms with Gasteiger partial charge in [0.2, 0.25) is 0 Å². The predicted octanol–water partition coefficient (Wildman–Crippen LogP) is 4.22. The second kappa shape index (κ2) is 5.43. The molecule has 3 nitrogen and oxygen atoms in total. The Morgan fingerprint density at radius 3 is 2.45 bits per heavy atom. The van der Waals surface area contributed by atoms with Gasteiger partial charge in [0.05, 0.1) is 10.6 Å². The van der Waals surface area contributed by atoms with E-state index in [1.165, 1.54) is 0 Å². The molecule has 3 aromatic rings. The molecule has 2 heterocycles. The lowest BCUT2D eigenvalue weighted by atomic mass is 10.1. The molecule has 0 atom stereocenters. The normalized spacial score (nSPS) is 10.5. The van der Waals surface area contributed by atoms with Crippen LogP contribution in [-0.4, -0.2) is 17.0 Å². The summed E-state index contributed by atoms with van der Waals surface area (Å²) < 4.78 is 0. The van der Waals surface area contributed by atoms with Crippen LogP contribution in [0.2, 0.25) is 0 Å². The zero-order valence-electron chi connectivity index (χ0n) is 11.4. The number of hydrogen-bond donors (Lipinski definition) is 1. The number of nitrogens with one attached hydrogen (secondary N) is 1. The van der Waals surface area contributed by atoms with Crippen LogP contribution in [0.4, 0.5) is 5.82 Å². The molecule has 0 unspecified atom stereocenters. The van der Waals surface area contributed by atoms with Gasteiger partial charge in [0.25, 0.3) is 0 Å². The molecule has 0 aliphatic heterocycles. The first-order valence-electron chi connectivity index (χ1n) is 6.45.